The van der Waals surface area contributed by atoms with Gasteiger partial charge in [0.25, 0.3) is 0 Å². The van der Waals surface area contributed by atoms with E-state index >= 15 is 0 Å². The molecule has 1 unspecified atom stereocenters. The standard InChI is InChI=1S/C16H25NO/c1-12-7-8-13(2)16(11-12)18-10-9-15(17)14-5-3-4-6-14/h7-8,11,14-15H,3-6,9-10,17H2,1-2H3. The van der Waals surface area contributed by atoms with Crippen molar-refractivity contribution in [3.05, 3.63) is 29.3 Å². The summed E-state index contributed by atoms with van der Waals surface area (Å²) < 4.78 is 5.87. The van der Waals surface area contributed by atoms with E-state index in [0.29, 0.717) is 6.04 Å². The molecule has 1 saturated carbocycles. The molecule has 0 radical (unpaired) electrons. The Hall–Kier alpha value is -1.02. The molecule has 2 rings (SSSR count). The highest BCUT2D eigenvalue weighted by Gasteiger charge is 2.21. The van der Waals surface area contributed by atoms with E-state index in [4.69, 9.17) is 10.5 Å². The highest BCUT2D eigenvalue weighted by atomic mass is 16.5. The Kier molecular flexibility index (Phi) is 4.65. The van der Waals surface area contributed by atoms with E-state index in [1.807, 2.05) is 0 Å². The topological polar surface area (TPSA) is 35.2 Å². The summed E-state index contributed by atoms with van der Waals surface area (Å²) in [5.41, 5.74) is 8.68. The van der Waals surface area contributed by atoms with Crippen LogP contribution in [0.4, 0.5) is 0 Å². The molecule has 0 aromatic heterocycles. The molecule has 0 spiro atoms. The number of benzene rings is 1. The molecule has 0 amide bonds. The minimum absolute atomic E-state index is 0.317. The van der Waals surface area contributed by atoms with E-state index in [2.05, 4.69) is 32.0 Å². The van der Waals surface area contributed by atoms with E-state index in [1.54, 1.807) is 0 Å². The highest BCUT2D eigenvalue weighted by molar-refractivity contribution is 5.35. The normalized spacial score (nSPS) is 17.9. The average Bonchev–Trinajstić information content (AvgIpc) is 2.87. The minimum Gasteiger partial charge on any atom is -0.493 e. The van der Waals surface area contributed by atoms with E-state index < -0.39 is 0 Å². The third kappa shape index (κ3) is 3.49. The first-order valence-electron chi connectivity index (χ1n) is 7.12. The van der Waals surface area contributed by atoms with Crippen LogP contribution in [0.25, 0.3) is 0 Å². The smallest absolute Gasteiger partial charge is 0.122 e. The van der Waals surface area contributed by atoms with Gasteiger partial charge >= 0.3 is 0 Å². The second kappa shape index (κ2) is 6.24. The van der Waals surface area contributed by atoms with Gasteiger partial charge in [-0.2, -0.15) is 0 Å². The van der Waals surface area contributed by atoms with Crippen LogP contribution in [0.3, 0.4) is 0 Å². The van der Waals surface area contributed by atoms with Crippen LogP contribution in [0.5, 0.6) is 5.75 Å². The molecular formula is C16H25NO. The molecule has 0 aliphatic heterocycles. The zero-order valence-electron chi connectivity index (χ0n) is 11.6. The summed E-state index contributed by atoms with van der Waals surface area (Å²) in [6.07, 6.45) is 6.31. The Morgan fingerprint density at radius 1 is 1.28 bits per heavy atom. The zero-order valence-corrected chi connectivity index (χ0v) is 11.6. The number of ether oxygens (including phenoxy) is 1. The molecule has 0 saturated heterocycles. The van der Waals surface area contributed by atoms with E-state index in [1.165, 1.54) is 36.8 Å². The molecule has 1 aromatic carbocycles. The fraction of sp³-hybridized carbons (Fsp3) is 0.625. The minimum atomic E-state index is 0.317. The molecule has 2 N–H and O–H groups in total. The van der Waals surface area contributed by atoms with Crippen LogP contribution in [0.2, 0.25) is 0 Å². The summed E-state index contributed by atoms with van der Waals surface area (Å²) in [7, 11) is 0. The van der Waals surface area contributed by atoms with Crippen molar-refractivity contribution in [3.63, 3.8) is 0 Å². The summed E-state index contributed by atoms with van der Waals surface area (Å²) >= 11 is 0. The number of nitrogens with two attached hydrogens (primary N) is 1. The first kappa shape index (κ1) is 13.4. The third-order valence-corrected chi connectivity index (χ3v) is 4.06. The van der Waals surface area contributed by atoms with Gasteiger partial charge in [-0.25, -0.2) is 0 Å². The zero-order chi connectivity index (χ0) is 13.0. The van der Waals surface area contributed by atoms with Crippen LogP contribution in [-0.2, 0) is 0 Å². The fourth-order valence-corrected chi connectivity index (χ4v) is 2.79. The SMILES string of the molecule is Cc1ccc(C)c(OCCC(N)C2CCCC2)c1. The van der Waals surface area contributed by atoms with Gasteiger partial charge in [-0.1, -0.05) is 25.0 Å². The van der Waals surface area contributed by atoms with Gasteiger partial charge in [0.2, 0.25) is 0 Å². The Morgan fingerprint density at radius 2 is 2.00 bits per heavy atom. The van der Waals surface area contributed by atoms with Gasteiger partial charge in [0.1, 0.15) is 5.75 Å². The Balaban J connectivity index is 1.79. The third-order valence-electron chi connectivity index (χ3n) is 4.06. The maximum Gasteiger partial charge on any atom is 0.122 e. The molecule has 18 heavy (non-hydrogen) atoms. The Bertz CT molecular complexity index is 383. The van der Waals surface area contributed by atoms with Gasteiger partial charge in [-0.3, -0.25) is 0 Å². The van der Waals surface area contributed by atoms with Gasteiger partial charge in [0, 0.05) is 6.04 Å². The molecule has 100 valence electrons. The van der Waals surface area contributed by atoms with Crippen molar-refractivity contribution >= 4 is 0 Å². The molecule has 0 bridgehead atoms. The molecule has 1 aliphatic rings. The van der Waals surface area contributed by atoms with E-state index in [-0.39, 0.29) is 0 Å². The van der Waals surface area contributed by atoms with Crippen LogP contribution in [0.1, 0.15) is 43.2 Å². The molecular weight excluding hydrogens is 222 g/mol. The van der Waals surface area contributed by atoms with Crippen molar-refractivity contribution in [1.29, 1.82) is 0 Å². The van der Waals surface area contributed by atoms with Crippen molar-refractivity contribution in [2.75, 3.05) is 6.61 Å². The van der Waals surface area contributed by atoms with Crippen LogP contribution >= 0.6 is 0 Å². The summed E-state index contributed by atoms with van der Waals surface area (Å²) in [5.74, 6) is 1.74. The number of rotatable bonds is 5. The van der Waals surface area contributed by atoms with Crippen molar-refractivity contribution in [1.82, 2.24) is 0 Å². The molecule has 1 aliphatic carbocycles. The predicted molar refractivity (Wildman–Crippen MR) is 76.0 cm³/mol. The van der Waals surface area contributed by atoms with E-state index in [9.17, 15) is 0 Å². The van der Waals surface area contributed by atoms with Crippen LogP contribution in [0, 0.1) is 19.8 Å². The fourth-order valence-electron chi connectivity index (χ4n) is 2.79. The average molecular weight is 247 g/mol. The predicted octanol–water partition coefficient (Wildman–Crippen LogP) is 3.59. The van der Waals surface area contributed by atoms with Crippen LogP contribution in [-0.4, -0.2) is 12.6 Å². The van der Waals surface area contributed by atoms with Gasteiger partial charge < -0.3 is 10.5 Å². The number of hydrogen-bond acceptors (Lipinski definition) is 2. The maximum atomic E-state index is 6.23. The lowest BCUT2D eigenvalue weighted by Crippen LogP contribution is -2.30. The quantitative estimate of drug-likeness (QED) is 0.863. The number of hydrogen-bond donors (Lipinski definition) is 1. The van der Waals surface area contributed by atoms with Crippen LogP contribution in [0.15, 0.2) is 18.2 Å². The van der Waals surface area contributed by atoms with Crippen molar-refractivity contribution in [3.8, 4) is 5.75 Å². The number of aryl methyl sites for hydroxylation is 2. The molecule has 2 heteroatoms. The van der Waals surface area contributed by atoms with Gasteiger partial charge in [-0.05, 0) is 56.2 Å². The molecule has 1 fully saturated rings. The Labute approximate surface area is 111 Å². The second-order valence-corrected chi connectivity index (χ2v) is 5.61. The lowest BCUT2D eigenvalue weighted by atomic mass is 9.97. The summed E-state index contributed by atoms with van der Waals surface area (Å²) in [4.78, 5) is 0. The van der Waals surface area contributed by atoms with Crippen molar-refractivity contribution in [2.45, 2.75) is 52.0 Å². The molecule has 1 aromatic rings. The van der Waals surface area contributed by atoms with Crippen molar-refractivity contribution in [2.24, 2.45) is 11.7 Å². The lowest BCUT2D eigenvalue weighted by molar-refractivity contribution is 0.272. The highest BCUT2D eigenvalue weighted by Crippen LogP contribution is 2.28. The van der Waals surface area contributed by atoms with Gasteiger partial charge in [-0.15, -0.1) is 0 Å². The summed E-state index contributed by atoms with van der Waals surface area (Å²) in [6.45, 7) is 4.92. The summed E-state index contributed by atoms with van der Waals surface area (Å²) in [6, 6.07) is 6.65. The lowest BCUT2D eigenvalue weighted by Gasteiger charge is -2.19. The van der Waals surface area contributed by atoms with E-state index in [0.717, 1.165) is 24.7 Å². The molecule has 0 heterocycles. The molecule has 1 atom stereocenters. The first-order valence-corrected chi connectivity index (χ1v) is 7.12. The Morgan fingerprint density at radius 3 is 2.72 bits per heavy atom. The van der Waals surface area contributed by atoms with Crippen LogP contribution < -0.4 is 10.5 Å². The largest absolute Gasteiger partial charge is 0.493 e. The monoisotopic (exact) mass is 247 g/mol. The second-order valence-electron chi connectivity index (χ2n) is 5.61. The molecule has 2 nitrogen and oxygen atoms in total. The first-order chi connectivity index (χ1) is 8.66. The van der Waals surface area contributed by atoms with Gasteiger partial charge in [0.15, 0.2) is 0 Å². The summed E-state index contributed by atoms with van der Waals surface area (Å²) in [5, 5.41) is 0. The van der Waals surface area contributed by atoms with Crippen molar-refractivity contribution < 1.29 is 4.74 Å². The van der Waals surface area contributed by atoms with Gasteiger partial charge in [0.05, 0.1) is 6.61 Å². The maximum absolute atomic E-state index is 6.23.